The van der Waals surface area contributed by atoms with E-state index in [-0.39, 0.29) is 17.1 Å². The number of aromatic nitrogens is 1. The van der Waals surface area contributed by atoms with Gasteiger partial charge in [-0.2, -0.15) is 0 Å². The van der Waals surface area contributed by atoms with Crippen molar-refractivity contribution in [2.75, 3.05) is 39.4 Å². The summed E-state index contributed by atoms with van der Waals surface area (Å²) in [6.07, 6.45) is 4.22. The molecule has 0 radical (unpaired) electrons. The zero-order valence-electron chi connectivity index (χ0n) is 16.6. The summed E-state index contributed by atoms with van der Waals surface area (Å²) in [6.45, 7) is 4.73. The molecular weight excluding hydrogens is 382 g/mol. The number of morpholine rings is 1. The Balaban J connectivity index is 1.51. The SMILES string of the molecule is O=C1c2oc3ccccc3c(=O)c2[C@@H](c2cccnc2)N1CCCN1CCOCC1. The standard InChI is InChI=1S/C23H23N3O4/c27-21-17-6-1-2-7-18(17)30-22-19(21)20(16-5-3-8-24-15-16)26(23(22)28)10-4-9-25-11-13-29-14-12-25/h1-3,5-8,15,20H,4,9-14H2/t20-/m1/s1. The van der Waals surface area contributed by atoms with Gasteiger partial charge >= 0.3 is 0 Å². The first-order chi connectivity index (χ1) is 14.7. The average molecular weight is 405 g/mol. The molecule has 0 bridgehead atoms. The van der Waals surface area contributed by atoms with Crippen molar-refractivity contribution >= 4 is 16.9 Å². The first-order valence-corrected chi connectivity index (χ1v) is 10.3. The molecular formula is C23H23N3O4. The quantitative estimate of drug-likeness (QED) is 0.649. The van der Waals surface area contributed by atoms with Crippen molar-refractivity contribution in [1.82, 2.24) is 14.8 Å². The van der Waals surface area contributed by atoms with Crippen LogP contribution in [0.2, 0.25) is 0 Å². The molecule has 2 aliphatic heterocycles. The maximum Gasteiger partial charge on any atom is 0.290 e. The molecule has 1 atom stereocenters. The Morgan fingerprint density at radius 1 is 1.03 bits per heavy atom. The number of hydrogen-bond acceptors (Lipinski definition) is 6. The molecule has 2 aromatic heterocycles. The number of ether oxygens (including phenoxy) is 1. The maximum atomic E-state index is 13.3. The molecule has 0 saturated carbocycles. The molecule has 0 spiro atoms. The second-order valence-corrected chi connectivity index (χ2v) is 7.67. The fourth-order valence-corrected chi connectivity index (χ4v) is 4.37. The fourth-order valence-electron chi connectivity index (χ4n) is 4.37. The van der Waals surface area contributed by atoms with Crippen LogP contribution in [0.4, 0.5) is 0 Å². The normalized spacial score (nSPS) is 19.4. The van der Waals surface area contributed by atoms with E-state index in [0.29, 0.717) is 23.1 Å². The minimum Gasteiger partial charge on any atom is -0.450 e. The van der Waals surface area contributed by atoms with Crippen LogP contribution in [0.1, 0.15) is 34.1 Å². The number of para-hydroxylation sites is 1. The monoisotopic (exact) mass is 405 g/mol. The first kappa shape index (κ1) is 19.0. The lowest BCUT2D eigenvalue weighted by molar-refractivity contribution is 0.0353. The zero-order chi connectivity index (χ0) is 20.5. The Morgan fingerprint density at radius 2 is 1.87 bits per heavy atom. The van der Waals surface area contributed by atoms with E-state index in [1.54, 1.807) is 35.5 Å². The second-order valence-electron chi connectivity index (χ2n) is 7.67. The minimum absolute atomic E-state index is 0.148. The number of amides is 1. The van der Waals surface area contributed by atoms with Gasteiger partial charge in [0.15, 0.2) is 5.43 Å². The molecule has 3 aromatic rings. The number of benzene rings is 1. The lowest BCUT2D eigenvalue weighted by Gasteiger charge is -2.29. The van der Waals surface area contributed by atoms with Gasteiger partial charge in [-0.15, -0.1) is 0 Å². The second kappa shape index (κ2) is 8.01. The van der Waals surface area contributed by atoms with Gasteiger partial charge in [0, 0.05) is 38.6 Å². The summed E-state index contributed by atoms with van der Waals surface area (Å²) in [4.78, 5) is 34.9. The van der Waals surface area contributed by atoms with Crippen molar-refractivity contribution in [3.63, 3.8) is 0 Å². The summed E-state index contributed by atoms with van der Waals surface area (Å²) >= 11 is 0. The van der Waals surface area contributed by atoms with Crippen molar-refractivity contribution in [3.8, 4) is 0 Å². The summed E-state index contributed by atoms with van der Waals surface area (Å²) in [6, 6.07) is 10.3. The summed E-state index contributed by atoms with van der Waals surface area (Å²) in [5.74, 6) is -0.0809. The van der Waals surface area contributed by atoms with Crippen molar-refractivity contribution < 1.29 is 13.9 Å². The molecule has 1 amide bonds. The van der Waals surface area contributed by atoms with E-state index in [9.17, 15) is 9.59 Å². The fraction of sp³-hybridized carbons (Fsp3) is 0.348. The van der Waals surface area contributed by atoms with Gasteiger partial charge in [0.2, 0.25) is 5.76 Å². The molecule has 2 aliphatic rings. The van der Waals surface area contributed by atoms with Gasteiger partial charge in [0.25, 0.3) is 5.91 Å². The molecule has 0 N–H and O–H groups in total. The zero-order valence-corrected chi connectivity index (χ0v) is 16.6. The lowest BCUT2D eigenvalue weighted by Crippen LogP contribution is -2.38. The first-order valence-electron chi connectivity index (χ1n) is 10.3. The van der Waals surface area contributed by atoms with Crippen LogP contribution in [0.25, 0.3) is 11.0 Å². The van der Waals surface area contributed by atoms with Gasteiger partial charge in [-0.25, -0.2) is 0 Å². The number of carbonyl (C=O) groups excluding carboxylic acids is 1. The predicted octanol–water partition coefficient (Wildman–Crippen LogP) is 2.46. The molecule has 4 heterocycles. The molecule has 1 aromatic carbocycles. The third-order valence-electron chi connectivity index (χ3n) is 5.85. The molecule has 30 heavy (non-hydrogen) atoms. The van der Waals surface area contributed by atoms with E-state index in [0.717, 1.165) is 44.8 Å². The van der Waals surface area contributed by atoms with Gasteiger partial charge in [0.1, 0.15) is 5.58 Å². The van der Waals surface area contributed by atoms with Crippen molar-refractivity contribution in [3.05, 3.63) is 75.9 Å². The van der Waals surface area contributed by atoms with Crippen LogP contribution in [0.15, 0.2) is 58.0 Å². The number of nitrogens with zero attached hydrogens (tertiary/aromatic N) is 3. The Morgan fingerprint density at radius 3 is 2.67 bits per heavy atom. The highest BCUT2D eigenvalue weighted by Gasteiger charge is 2.42. The van der Waals surface area contributed by atoms with Crippen molar-refractivity contribution in [2.24, 2.45) is 0 Å². The third kappa shape index (κ3) is 3.30. The van der Waals surface area contributed by atoms with E-state index in [2.05, 4.69) is 9.88 Å². The van der Waals surface area contributed by atoms with Gasteiger partial charge in [-0.3, -0.25) is 19.5 Å². The van der Waals surface area contributed by atoms with Gasteiger partial charge in [0.05, 0.1) is 30.2 Å². The number of carbonyl (C=O) groups is 1. The molecule has 1 fully saturated rings. The summed E-state index contributed by atoms with van der Waals surface area (Å²) in [5, 5.41) is 0.494. The number of rotatable bonds is 5. The summed E-state index contributed by atoms with van der Waals surface area (Å²) < 4.78 is 11.3. The van der Waals surface area contributed by atoms with Gasteiger partial charge in [-0.1, -0.05) is 18.2 Å². The number of hydrogen-bond donors (Lipinski definition) is 0. The van der Waals surface area contributed by atoms with Crippen LogP contribution in [-0.4, -0.2) is 60.1 Å². The van der Waals surface area contributed by atoms with Crippen LogP contribution in [0.5, 0.6) is 0 Å². The highest BCUT2D eigenvalue weighted by atomic mass is 16.5. The van der Waals surface area contributed by atoms with Crippen LogP contribution >= 0.6 is 0 Å². The Labute approximate surface area is 173 Å². The summed E-state index contributed by atoms with van der Waals surface area (Å²) in [7, 11) is 0. The van der Waals surface area contributed by atoms with E-state index in [1.807, 2.05) is 18.2 Å². The van der Waals surface area contributed by atoms with Crippen molar-refractivity contribution in [2.45, 2.75) is 12.5 Å². The highest BCUT2D eigenvalue weighted by Crippen LogP contribution is 2.37. The number of pyridine rings is 1. The largest absolute Gasteiger partial charge is 0.450 e. The summed E-state index contributed by atoms with van der Waals surface area (Å²) in [5.41, 5.74) is 1.52. The van der Waals surface area contributed by atoms with Crippen molar-refractivity contribution in [1.29, 1.82) is 0 Å². The Bertz CT molecular complexity index is 1120. The maximum absolute atomic E-state index is 13.3. The minimum atomic E-state index is -0.480. The number of fused-ring (bicyclic) bond motifs is 2. The lowest BCUT2D eigenvalue weighted by atomic mass is 10.00. The predicted molar refractivity (Wildman–Crippen MR) is 111 cm³/mol. The van der Waals surface area contributed by atoms with Crippen LogP contribution in [0.3, 0.4) is 0 Å². The molecule has 1 saturated heterocycles. The van der Waals surface area contributed by atoms with E-state index in [1.165, 1.54) is 0 Å². The Kier molecular flexibility index (Phi) is 5.06. The topological polar surface area (TPSA) is 75.9 Å². The molecule has 0 aliphatic carbocycles. The highest BCUT2D eigenvalue weighted by molar-refractivity contribution is 5.99. The van der Waals surface area contributed by atoms with E-state index >= 15 is 0 Å². The Hall–Kier alpha value is -3.03. The van der Waals surface area contributed by atoms with E-state index in [4.69, 9.17) is 9.15 Å². The smallest absolute Gasteiger partial charge is 0.290 e. The van der Waals surface area contributed by atoms with Crippen LogP contribution in [0, 0.1) is 0 Å². The molecule has 5 rings (SSSR count). The van der Waals surface area contributed by atoms with Gasteiger partial charge in [-0.05, 0) is 30.2 Å². The van der Waals surface area contributed by atoms with Crippen LogP contribution in [-0.2, 0) is 4.74 Å². The molecule has 154 valence electrons. The van der Waals surface area contributed by atoms with Gasteiger partial charge < -0.3 is 14.1 Å². The molecule has 0 unspecified atom stereocenters. The van der Waals surface area contributed by atoms with Crippen LogP contribution < -0.4 is 5.43 Å². The molecule has 7 nitrogen and oxygen atoms in total. The average Bonchev–Trinajstić information content (AvgIpc) is 3.07. The third-order valence-corrected chi connectivity index (χ3v) is 5.85. The molecule has 7 heteroatoms. The van der Waals surface area contributed by atoms with E-state index < -0.39 is 6.04 Å².